The highest BCUT2D eigenvalue weighted by atomic mass is 79.9. The molecule has 21 heavy (non-hydrogen) atoms. The number of anilines is 1. The zero-order valence-corrected chi connectivity index (χ0v) is 12.9. The van der Waals surface area contributed by atoms with Gasteiger partial charge in [-0.15, -0.1) is 0 Å². The number of rotatable bonds is 3. The molecule has 0 radical (unpaired) electrons. The Balaban J connectivity index is 1.87. The third-order valence-corrected chi connectivity index (χ3v) is 3.85. The number of nitriles is 1. The molecule has 0 fully saturated rings. The molecule has 3 aromatic carbocycles. The van der Waals surface area contributed by atoms with Crippen molar-refractivity contribution in [3.05, 3.63) is 76.3 Å². The summed E-state index contributed by atoms with van der Waals surface area (Å²) in [5, 5.41) is 14.9. The van der Waals surface area contributed by atoms with E-state index in [1.54, 1.807) is 0 Å². The van der Waals surface area contributed by atoms with E-state index in [0.717, 1.165) is 16.7 Å². The fourth-order valence-corrected chi connectivity index (χ4v) is 2.89. The number of hydrogen-bond acceptors (Lipinski definition) is 2. The highest BCUT2D eigenvalue weighted by Crippen LogP contribution is 2.22. The van der Waals surface area contributed by atoms with Crippen LogP contribution in [0.25, 0.3) is 10.8 Å². The Bertz CT molecular complexity index is 829. The molecule has 0 spiro atoms. The Kier molecular flexibility index (Phi) is 3.89. The Morgan fingerprint density at radius 2 is 1.81 bits per heavy atom. The van der Waals surface area contributed by atoms with Crippen molar-refractivity contribution in [2.75, 3.05) is 5.32 Å². The molecule has 2 nitrogen and oxygen atoms in total. The van der Waals surface area contributed by atoms with E-state index in [4.69, 9.17) is 5.26 Å². The first-order valence-electron chi connectivity index (χ1n) is 6.67. The zero-order valence-electron chi connectivity index (χ0n) is 11.3. The number of nitrogens with zero attached hydrogens (tertiary/aromatic N) is 1. The summed E-state index contributed by atoms with van der Waals surface area (Å²) in [6.45, 7) is 0.725. The molecule has 0 unspecified atom stereocenters. The van der Waals surface area contributed by atoms with Crippen molar-refractivity contribution in [1.82, 2.24) is 0 Å². The fourth-order valence-electron chi connectivity index (χ4n) is 2.40. The lowest BCUT2D eigenvalue weighted by molar-refractivity contribution is 1.17. The van der Waals surface area contributed by atoms with E-state index in [1.807, 2.05) is 24.3 Å². The van der Waals surface area contributed by atoms with Crippen LogP contribution in [0.1, 0.15) is 11.1 Å². The van der Waals surface area contributed by atoms with Gasteiger partial charge in [-0.3, -0.25) is 0 Å². The molecule has 0 amide bonds. The Labute approximate surface area is 132 Å². The standard InChI is InChI=1S/C18H13BrN2/c19-16-8-13(11-20)9-17(10-16)21-12-15-6-3-5-14-4-1-2-7-18(14)15/h1-10,21H,12H2. The van der Waals surface area contributed by atoms with Gasteiger partial charge in [0.05, 0.1) is 11.6 Å². The number of fused-ring (bicyclic) bond motifs is 1. The predicted molar refractivity (Wildman–Crippen MR) is 90.1 cm³/mol. The summed E-state index contributed by atoms with van der Waals surface area (Å²) >= 11 is 3.43. The maximum absolute atomic E-state index is 9.01. The molecule has 3 aromatic rings. The average molecular weight is 337 g/mol. The van der Waals surface area contributed by atoms with Crippen LogP contribution in [0.2, 0.25) is 0 Å². The molecular formula is C18H13BrN2. The second-order valence-electron chi connectivity index (χ2n) is 4.83. The van der Waals surface area contributed by atoms with Gasteiger partial charge in [0, 0.05) is 16.7 Å². The molecule has 0 aromatic heterocycles. The van der Waals surface area contributed by atoms with Gasteiger partial charge in [0.25, 0.3) is 0 Å². The predicted octanol–water partition coefficient (Wildman–Crippen LogP) is 5.09. The van der Waals surface area contributed by atoms with E-state index >= 15 is 0 Å². The summed E-state index contributed by atoms with van der Waals surface area (Å²) in [7, 11) is 0. The third kappa shape index (κ3) is 3.07. The van der Waals surface area contributed by atoms with E-state index in [2.05, 4.69) is 63.7 Å². The second-order valence-corrected chi connectivity index (χ2v) is 5.75. The number of benzene rings is 3. The maximum Gasteiger partial charge on any atom is 0.0992 e. The van der Waals surface area contributed by atoms with E-state index < -0.39 is 0 Å². The van der Waals surface area contributed by atoms with Gasteiger partial charge in [-0.2, -0.15) is 5.26 Å². The molecule has 0 aliphatic rings. The Hall–Kier alpha value is -2.31. The maximum atomic E-state index is 9.01. The SMILES string of the molecule is N#Cc1cc(Br)cc(NCc2cccc3ccccc23)c1. The first-order valence-corrected chi connectivity index (χ1v) is 7.47. The highest BCUT2D eigenvalue weighted by molar-refractivity contribution is 9.10. The first kappa shape index (κ1) is 13.7. The van der Waals surface area contributed by atoms with Crippen molar-refractivity contribution in [2.45, 2.75) is 6.54 Å². The highest BCUT2D eigenvalue weighted by Gasteiger charge is 2.02. The minimum Gasteiger partial charge on any atom is -0.381 e. The summed E-state index contributed by atoms with van der Waals surface area (Å²) in [4.78, 5) is 0. The van der Waals surface area contributed by atoms with Crippen LogP contribution < -0.4 is 5.32 Å². The van der Waals surface area contributed by atoms with Crippen molar-refractivity contribution in [2.24, 2.45) is 0 Å². The van der Waals surface area contributed by atoms with Crippen LogP contribution in [0, 0.1) is 11.3 Å². The Morgan fingerprint density at radius 3 is 2.67 bits per heavy atom. The van der Waals surface area contributed by atoms with Gasteiger partial charge in [0.1, 0.15) is 0 Å². The van der Waals surface area contributed by atoms with Crippen molar-refractivity contribution >= 4 is 32.4 Å². The molecule has 0 atom stereocenters. The Morgan fingerprint density at radius 1 is 1.00 bits per heavy atom. The second kappa shape index (κ2) is 5.99. The molecule has 102 valence electrons. The number of hydrogen-bond donors (Lipinski definition) is 1. The van der Waals surface area contributed by atoms with Gasteiger partial charge < -0.3 is 5.32 Å². The summed E-state index contributed by atoms with van der Waals surface area (Å²) in [6, 6.07) is 22.5. The van der Waals surface area contributed by atoms with Crippen LogP contribution in [0.4, 0.5) is 5.69 Å². The first-order chi connectivity index (χ1) is 10.3. The number of nitrogens with one attached hydrogen (secondary N) is 1. The monoisotopic (exact) mass is 336 g/mol. The molecule has 0 saturated heterocycles. The van der Waals surface area contributed by atoms with E-state index in [9.17, 15) is 0 Å². The summed E-state index contributed by atoms with van der Waals surface area (Å²) < 4.78 is 0.905. The molecule has 0 aliphatic heterocycles. The molecule has 0 heterocycles. The van der Waals surface area contributed by atoms with Gasteiger partial charge in [-0.05, 0) is 34.5 Å². The minimum atomic E-state index is 0.643. The zero-order chi connectivity index (χ0) is 14.7. The van der Waals surface area contributed by atoms with Gasteiger partial charge >= 0.3 is 0 Å². The molecule has 0 bridgehead atoms. The molecule has 0 saturated carbocycles. The normalized spacial score (nSPS) is 10.3. The lowest BCUT2D eigenvalue weighted by Crippen LogP contribution is -2.00. The summed E-state index contributed by atoms with van der Waals surface area (Å²) in [6.07, 6.45) is 0. The smallest absolute Gasteiger partial charge is 0.0992 e. The van der Waals surface area contributed by atoms with Gasteiger partial charge in [0.2, 0.25) is 0 Å². The van der Waals surface area contributed by atoms with E-state index in [-0.39, 0.29) is 0 Å². The van der Waals surface area contributed by atoms with Crippen molar-refractivity contribution in [3.8, 4) is 6.07 Å². The lowest BCUT2D eigenvalue weighted by atomic mass is 10.0. The topological polar surface area (TPSA) is 35.8 Å². The summed E-state index contributed by atoms with van der Waals surface area (Å²) in [5.74, 6) is 0. The molecule has 3 rings (SSSR count). The summed E-state index contributed by atoms with van der Waals surface area (Å²) in [5.41, 5.74) is 2.82. The van der Waals surface area contributed by atoms with Gasteiger partial charge in [0.15, 0.2) is 0 Å². The van der Waals surface area contributed by atoms with Crippen LogP contribution in [0.3, 0.4) is 0 Å². The lowest BCUT2D eigenvalue weighted by Gasteiger charge is -2.10. The average Bonchev–Trinajstić information content (AvgIpc) is 2.52. The molecular weight excluding hydrogens is 324 g/mol. The minimum absolute atomic E-state index is 0.643. The van der Waals surface area contributed by atoms with Crippen LogP contribution in [-0.4, -0.2) is 0 Å². The van der Waals surface area contributed by atoms with E-state index in [1.165, 1.54) is 16.3 Å². The molecule has 1 N–H and O–H groups in total. The van der Waals surface area contributed by atoms with Gasteiger partial charge in [-0.1, -0.05) is 58.4 Å². The van der Waals surface area contributed by atoms with Crippen LogP contribution in [0.15, 0.2) is 65.1 Å². The fraction of sp³-hybridized carbons (Fsp3) is 0.0556. The van der Waals surface area contributed by atoms with Crippen molar-refractivity contribution < 1.29 is 0 Å². The van der Waals surface area contributed by atoms with Crippen molar-refractivity contribution in [3.63, 3.8) is 0 Å². The third-order valence-electron chi connectivity index (χ3n) is 3.39. The molecule has 3 heteroatoms. The quantitative estimate of drug-likeness (QED) is 0.723. The van der Waals surface area contributed by atoms with E-state index in [0.29, 0.717) is 5.56 Å². The largest absolute Gasteiger partial charge is 0.381 e. The molecule has 0 aliphatic carbocycles. The van der Waals surface area contributed by atoms with Crippen LogP contribution >= 0.6 is 15.9 Å². The van der Waals surface area contributed by atoms with Crippen molar-refractivity contribution in [1.29, 1.82) is 5.26 Å². The van der Waals surface area contributed by atoms with Crippen LogP contribution in [0.5, 0.6) is 0 Å². The number of halogens is 1. The van der Waals surface area contributed by atoms with Crippen LogP contribution in [-0.2, 0) is 6.54 Å². The van der Waals surface area contributed by atoms with Gasteiger partial charge in [-0.25, -0.2) is 0 Å².